The predicted molar refractivity (Wildman–Crippen MR) is 42.4 cm³/mol. The first-order valence-corrected chi connectivity index (χ1v) is 3.73. The van der Waals surface area contributed by atoms with Crippen molar-refractivity contribution in [3.63, 3.8) is 0 Å². The minimum atomic E-state index is -1.19. The zero-order valence-corrected chi connectivity index (χ0v) is 7.02. The summed E-state index contributed by atoms with van der Waals surface area (Å²) >= 11 is 0. The van der Waals surface area contributed by atoms with Gasteiger partial charge in [0.25, 0.3) is 0 Å². The largest absolute Gasteiger partial charge is 0.549 e. The Hall–Kier alpha value is -1.89. The van der Waals surface area contributed by atoms with Gasteiger partial charge in [0.15, 0.2) is 0 Å². The molecule has 0 radical (unpaired) electrons. The molecule has 13 heavy (non-hydrogen) atoms. The number of carbonyl (C=O) groups is 1. The summed E-state index contributed by atoms with van der Waals surface area (Å²) < 4.78 is 0. The molecule has 1 unspecified atom stereocenters. The van der Waals surface area contributed by atoms with Crippen LogP contribution in [0, 0.1) is 11.3 Å². The molecule has 0 bridgehead atoms. The fourth-order valence-electron chi connectivity index (χ4n) is 0.876. The van der Waals surface area contributed by atoms with Crippen LogP contribution in [-0.2, 0) is 4.79 Å². The SMILES string of the molecule is CC(C(=O)[O-])c1cccc(C#N)n1. The molecule has 0 saturated heterocycles. The lowest BCUT2D eigenvalue weighted by Gasteiger charge is -2.11. The van der Waals surface area contributed by atoms with E-state index in [4.69, 9.17) is 5.26 Å². The van der Waals surface area contributed by atoms with Crippen LogP contribution in [0.1, 0.15) is 24.2 Å². The first-order valence-electron chi connectivity index (χ1n) is 3.73. The standard InChI is InChI=1S/C9H8N2O2/c1-6(9(12)13)8-4-2-3-7(5-10)11-8/h2-4,6H,1H3,(H,12,13)/p-1. The molecule has 0 fully saturated rings. The lowest BCUT2D eigenvalue weighted by molar-refractivity contribution is -0.307. The highest BCUT2D eigenvalue weighted by Crippen LogP contribution is 2.11. The van der Waals surface area contributed by atoms with Crippen LogP contribution in [0.2, 0.25) is 0 Å². The number of hydrogen-bond donors (Lipinski definition) is 0. The van der Waals surface area contributed by atoms with Crippen LogP contribution in [-0.4, -0.2) is 11.0 Å². The fraction of sp³-hybridized carbons (Fsp3) is 0.222. The van der Waals surface area contributed by atoms with Gasteiger partial charge in [0.1, 0.15) is 11.8 Å². The average Bonchev–Trinajstić information content (AvgIpc) is 2.16. The smallest absolute Gasteiger partial charge is 0.140 e. The van der Waals surface area contributed by atoms with Crippen LogP contribution >= 0.6 is 0 Å². The fourth-order valence-corrected chi connectivity index (χ4v) is 0.876. The number of aromatic nitrogens is 1. The molecule has 0 aromatic carbocycles. The van der Waals surface area contributed by atoms with Crippen LogP contribution in [0.3, 0.4) is 0 Å². The Morgan fingerprint density at radius 3 is 2.92 bits per heavy atom. The number of carboxylic acids is 1. The Kier molecular flexibility index (Phi) is 2.60. The van der Waals surface area contributed by atoms with E-state index in [1.807, 2.05) is 6.07 Å². The lowest BCUT2D eigenvalue weighted by atomic mass is 10.1. The number of aliphatic carboxylic acids is 1. The second-order valence-electron chi connectivity index (χ2n) is 2.60. The molecule has 4 heteroatoms. The molecule has 1 atom stereocenters. The summed E-state index contributed by atoms with van der Waals surface area (Å²) in [6.07, 6.45) is 0. The van der Waals surface area contributed by atoms with Gasteiger partial charge in [0, 0.05) is 5.92 Å². The van der Waals surface area contributed by atoms with Gasteiger partial charge >= 0.3 is 0 Å². The molecule has 4 nitrogen and oxygen atoms in total. The molecule has 66 valence electrons. The van der Waals surface area contributed by atoms with Crippen molar-refractivity contribution in [3.8, 4) is 6.07 Å². The number of rotatable bonds is 2. The number of pyridine rings is 1. The number of carbonyl (C=O) groups excluding carboxylic acids is 1. The van der Waals surface area contributed by atoms with E-state index in [0.29, 0.717) is 5.69 Å². The number of nitrogens with zero attached hydrogens (tertiary/aromatic N) is 2. The maximum atomic E-state index is 10.5. The Labute approximate surface area is 75.5 Å². The normalized spacial score (nSPS) is 11.7. The van der Waals surface area contributed by atoms with Crippen molar-refractivity contribution in [1.29, 1.82) is 5.26 Å². The molecule has 1 heterocycles. The molecule has 0 aliphatic carbocycles. The van der Waals surface area contributed by atoms with Crippen LogP contribution in [0.5, 0.6) is 0 Å². The number of nitriles is 1. The molecule has 1 aromatic rings. The second kappa shape index (κ2) is 3.68. The minimum Gasteiger partial charge on any atom is -0.549 e. The van der Waals surface area contributed by atoms with E-state index in [9.17, 15) is 9.90 Å². The van der Waals surface area contributed by atoms with Gasteiger partial charge in [-0.3, -0.25) is 0 Å². The third-order valence-electron chi connectivity index (χ3n) is 1.68. The summed E-state index contributed by atoms with van der Waals surface area (Å²) in [6, 6.07) is 6.51. The average molecular weight is 175 g/mol. The Bertz CT molecular complexity index is 368. The zero-order valence-electron chi connectivity index (χ0n) is 7.02. The van der Waals surface area contributed by atoms with E-state index in [1.54, 1.807) is 12.1 Å². The van der Waals surface area contributed by atoms with Crippen LogP contribution in [0.4, 0.5) is 0 Å². The molecule has 1 aromatic heterocycles. The van der Waals surface area contributed by atoms with Gasteiger partial charge in [0.2, 0.25) is 0 Å². The highest BCUT2D eigenvalue weighted by Gasteiger charge is 2.07. The lowest BCUT2D eigenvalue weighted by Crippen LogP contribution is -2.28. The summed E-state index contributed by atoms with van der Waals surface area (Å²) in [4.78, 5) is 14.3. The highest BCUT2D eigenvalue weighted by molar-refractivity contribution is 5.72. The zero-order chi connectivity index (χ0) is 9.84. The summed E-state index contributed by atoms with van der Waals surface area (Å²) in [5.74, 6) is -1.98. The molecule has 0 N–H and O–H groups in total. The molecular formula is C9H7N2O2-. The van der Waals surface area contributed by atoms with E-state index >= 15 is 0 Å². The van der Waals surface area contributed by atoms with Crippen LogP contribution in [0.15, 0.2) is 18.2 Å². The van der Waals surface area contributed by atoms with Crippen molar-refractivity contribution in [2.24, 2.45) is 0 Å². The van der Waals surface area contributed by atoms with Gasteiger partial charge < -0.3 is 9.90 Å². The maximum absolute atomic E-state index is 10.5. The topological polar surface area (TPSA) is 76.8 Å². The van der Waals surface area contributed by atoms with Gasteiger partial charge in [-0.1, -0.05) is 13.0 Å². The summed E-state index contributed by atoms with van der Waals surface area (Å²) in [6.45, 7) is 1.47. The van der Waals surface area contributed by atoms with E-state index in [2.05, 4.69) is 4.98 Å². The van der Waals surface area contributed by atoms with E-state index < -0.39 is 11.9 Å². The molecule has 0 aliphatic heterocycles. The van der Waals surface area contributed by atoms with Gasteiger partial charge in [-0.05, 0) is 12.1 Å². The first kappa shape index (κ1) is 9.20. The van der Waals surface area contributed by atoms with Crippen molar-refractivity contribution in [2.45, 2.75) is 12.8 Å². The Morgan fingerprint density at radius 1 is 1.69 bits per heavy atom. The van der Waals surface area contributed by atoms with Crippen molar-refractivity contribution < 1.29 is 9.90 Å². The summed E-state index contributed by atoms with van der Waals surface area (Å²) in [5.41, 5.74) is 0.560. The molecule has 0 saturated carbocycles. The molecule has 0 spiro atoms. The van der Waals surface area contributed by atoms with Crippen LogP contribution < -0.4 is 5.11 Å². The Balaban J connectivity index is 3.03. The molecular weight excluding hydrogens is 168 g/mol. The Morgan fingerprint density at radius 2 is 2.38 bits per heavy atom. The van der Waals surface area contributed by atoms with E-state index in [1.165, 1.54) is 13.0 Å². The molecule has 1 rings (SSSR count). The number of hydrogen-bond acceptors (Lipinski definition) is 4. The van der Waals surface area contributed by atoms with E-state index in [-0.39, 0.29) is 5.69 Å². The minimum absolute atomic E-state index is 0.214. The number of carboxylic acid groups (broad SMARTS) is 1. The second-order valence-corrected chi connectivity index (χ2v) is 2.60. The predicted octanol–water partition coefficient (Wildman–Crippen LogP) is -0.193. The van der Waals surface area contributed by atoms with Crippen molar-refractivity contribution in [2.75, 3.05) is 0 Å². The first-order chi connectivity index (χ1) is 6.15. The van der Waals surface area contributed by atoms with Crippen molar-refractivity contribution in [3.05, 3.63) is 29.6 Å². The monoisotopic (exact) mass is 175 g/mol. The van der Waals surface area contributed by atoms with Crippen molar-refractivity contribution >= 4 is 5.97 Å². The van der Waals surface area contributed by atoms with Gasteiger partial charge in [-0.2, -0.15) is 5.26 Å². The van der Waals surface area contributed by atoms with Gasteiger partial charge in [-0.25, -0.2) is 4.98 Å². The maximum Gasteiger partial charge on any atom is 0.140 e. The third kappa shape index (κ3) is 2.03. The summed E-state index contributed by atoms with van der Waals surface area (Å²) in [5, 5.41) is 19.0. The van der Waals surface area contributed by atoms with Gasteiger partial charge in [0.05, 0.1) is 11.7 Å². The van der Waals surface area contributed by atoms with Gasteiger partial charge in [-0.15, -0.1) is 0 Å². The van der Waals surface area contributed by atoms with Crippen LogP contribution in [0.25, 0.3) is 0 Å². The van der Waals surface area contributed by atoms with E-state index in [0.717, 1.165) is 0 Å². The molecule has 0 amide bonds. The summed E-state index contributed by atoms with van der Waals surface area (Å²) in [7, 11) is 0. The van der Waals surface area contributed by atoms with Crippen molar-refractivity contribution in [1.82, 2.24) is 4.98 Å². The molecule has 0 aliphatic rings. The third-order valence-corrected chi connectivity index (χ3v) is 1.68. The highest BCUT2D eigenvalue weighted by atomic mass is 16.4. The quantitative estimate of drug-likeness (QED) is 0.624.